The van der Waals surface area contributed by atoms with Gasteiger partial charge in [0.15, 0.2) is 0 Å². The van der Waals surface area contributed by atoms with Crippen molar-refractivity contribution in [2.45, 2.75) is 50.7 Å². The van der Waals surface area contributed by atoms with Crippen molar-refractivity contribution in [3.8, 4) is 0 Å². The van der Waals surface area contributed by atoms with Crippen LogP contribution >= 0.6 is 0 Å². The van der Waals surface area contributed by atoms with E-state index in [1.165, 1.54) is 12.8 Å². The summed E-state index contributed by atoms with van der Waals surface area (Å²) in [6.07, 6.45) is 6.92. The molecule has 1 aliphatic heterocycles. The molecular formula is C16H25N3O2. The Labute approximate surface area is 126 Å². The van der Waals surface area contributed by atoms with Crippen LogP contribution in [0.15, 0.2) is 22.8 Å². The van der Waals surface area contributed by atoms with E-state index in [2.05, 4.69) is 4.90 Å². The Hall–Kier alpha value is -1.33. The third kappa shape index (κ3) is 3.66. The van der Waals surface area contributed by atoms with Crippen LogP contribution in [-0.4, -0.2) is 47.4 Å². The third-order valence-corrected chi connectivity index (χ3v) is 4.54. The second-order valence-electron chi connectivity index (χ2n) is 6.16. The van der Waals surface area contributed by atoms with Gasteiger partial charge in [-0.15, -0.1) is 0 Å². The molecule has 1 amide bonds. The highest BCUT2D eigenvalue weighted by atomic mass is 16.3. The molecule has 1 aromatic heterocycles. The summed E-state index contributed by atoms with van der Waals surface area (Å²) < 4.78 is 5.46. The van der Waals surface area contributed by atoms with Crippen LogP contribution in [0.25, 0.3) is 0 Å². The summed E-state index contributed by atoms with van der Waals surface area (Å²) in [5.41, 5.74) is 5.97. The fourth-order valence-electron chi connectivity index (χ4n) is 3.18. The number of hydrogen-bond acceptors (Lipinski definition) is 4. The molecule has 2 heterocycles. The van der Waals surface area contributed by atoms with Crippen molar-refractivity contribution in [3.05, 3.63) is 24.2 Å². The number of nitrogens with zero attached hydrogens (tertiary/aromatic N) is 2. The Bertz CT molecular complexity index is 450. The SMILES string of the molecule is NCC(CC(=O)N1CCCC1)N(Cc1ccco1)C1CC1. The van der Waals surface area contributed by atoms with Crippen LogP contribution in [0.5, 0.6) is 0 Å². The van der Waals surface area contributed by atoms with Gasteiger partial charge in [0.05, 0.1) is 12.8 Å². The van der Waals surface area contributed by atoms with E-state index < -0.39 is 0 Å². The van der Waals surface area contributed by atoms with E-state index >= 15 is 0 Å². The lowest BCUT2D eigenvalue weighted by Crippen LogP contribution is -2.45. The smallest absolute Gasteiger partial charge is 0.224 e. The molecule has 1 unspecified atom stereocenters. The molecule has 21 heavy (non-hydrogen) atoms. The molecule has 3 rings (SSSR count). The summed E-state index contributed by atoms with van der Waals surface area (Å²) in [5.74, 6) is 1.21. The van der Waals surface area contributed by atoms with Crippen LogP contribution < -0.4 is 5.73 Å². The lowest BCUT2D eigenvalue weighted by Gasteiger charge is -2.31. The van der Waals surface area contributed by atoms with E-state index in [4.69, 9.17) is 10.2 Å². The summed E-state index contributed by atoms with van der Waals surface area (Å²) in [5, 5.41) is 0. The Morgan fingerprint density at radius 2 is 2.19 bits per heavy atom. The summed E-state index contributed by atoms with van der Waals surface area (Å²) >= 11 is 0. The second kappa shape index (κ2) is 6.62. The maximum atomic E-state index is 12.4. The third-order valence-electron chi connectivity index (χ3n) is 4.54. The highest BCUT2D eigenvalue weighted by Crippen LogP contribution is 2.31. The molecule has 2 N–H and O–H groups in total. The molecule has 2 fully saturated rings. The predicted octanol–water partition coefficient (Wildman–Crippen LogP) is 1.58. The zero-order valence-corrected chi connectivity index (χ0v) is 12.5. The number of nitrogens with two attached hydrogens (primary N) is 1. The zero-order chi connectivity index (χ0) is 14.7. The zero-order valence-electron chi connectivity index (χ0n) is 12.5. The van der Waals surface area contributed by atoms with Gasteiger partial charge in [0.25, 0.3) is 0 Å². The molecule has 0 spiro atoms. The minimum absolute atomic E-state index is 0.121. The average molecular weight is 291 g/mol. The molecule has 1 aromatic rings. The van der Waals surface area contributed by atoms with Crippen LogP contribution in [0.4, 0.5) is 0 Å². The summed E-state index contributed by atoms with van der Waals surface area (Å²) in [6, 6.07) is 4.59. The van der Waals surface area contributed by atoms with Gasteiger partial charge in [-0.1, -0.05) is 0 Å². The summed E-state index contributed by atoms with van der Waals surface area (Å²) in [7, 11) is 0. The van der Waals surface area contributed by atoms with E-state index in [-0.39, 0.29) is 11.9 Å². The van der Waals surface area contributed by atoms with E-state index in [0.29, 0.717) is 19.0 Å². The van der Waals surface area contributed by atoms with Gasteiger partial charge in [-0.3, -0.25) is 9.69 Å². The van der Waals surface area contributed by atoms with Gasteiger partial charge >= 0.3 is 0 Å². The van der Waals surface area contributed by atoms with Gasteiger partial charge in [-0.2, -0.15) is 0 Å². The summed E-state index contributed by atoms with van der Waals surface area (Å²) in [4.78, 5) is 16.7. The van der Waals surface area contributed by atoms with Crippen molar-refractivity contribution in [1.82, 2.24) is 9.80 Å². The number of amides is 1. The predicted molar refractivity (Wildman–Crippen MR) is 80.5 cm³/mol. The molecule has 5 nitrogen and oxygen atoms in total. The molecule has 0 radical (unpaired) electrons. The van der Waals surface area contributed by atoms with Crippen molar-refractivity contribution in [2.75, 3.05) is 19.6 Å². The Kier molecular flexibility index (Phi) is 4.60. The molecule has 2 aliphatic rings. The van der Waals surface area contributed by atoms with Crippen LogP contribution in [-0.2, 0) is 11.3 Å². The number of rotatable bonds is 7. The first-order chi connectivity index (χ1) is 10.3. The van der Waals surface area contributed by atoms with Crippen LogP contribution in [0.3, 0.4) is 0 Å². The standard InChI is InChI=1S/C16H25N3O2/c17-11-14(10-16(20)18-7-1-2-8-18)19(13-5-6-13)12-15-4-3-9-21-15/h3-4,9,13-14H,1-2,5-8,10-12,17H2. The van der Waals surface area contributed by atoms with E-state index in [0.717, 1.165) is 38.2 Å². The van der Waals surface area contributed by atoms with Crippen molar-refractivity contribution in [2.24, 2.45) is 5.73 Å². The first-order valence-electron chi connectivity index (χ1n) is 8.04. The molecule has 0 bridgehead atoms. The monoisotopic (exact) mass is 291 g/mol. The number of carbonyl (C=O) groups is 1. The molecule has 1 saturated heterocycles. The highest BCUT2D eigenvalue weighted by molar-refractivity contribution is 5.77. The topological polar surface area (TPSA) is 62.7 Å². The van der Waals surface area contributed by atoms with Gasteiger partial charge < -0.3 is 15.1 Å². The first-order valence-corrected chi connectivity index (χ1v) is 8.04. The number of furan rings is 1. The Morgan fingerprint density at radius 3 is 2.76 bits per heavy atom. The molecule has 0 aromatic carbocycles. The Balaban J connectivity index is 1.62. The summed E-state index contributed by atoms with van der Waals surface area (Å²) in [6.45, 7) is 3.11. The quantitative estimate of drug-likeness (QED) is 0.828. The van der Waals surface area contributed by atoms with Crippen molar-refractivity contribution in [1.29, 1.82) is 0 Å². The minimum Gasteiger partial charge on any atom is -0.468 e. The van der Waals surface area contributed by atoms with Gasteiger partial charge in [0, 0.05) is 38.1 Å². The van der Waals surface area contributed by atoms with Crippen LogP contribution in [0.1, 0.15) is 37.9 Å². The largest absolute Gasteiger partial charge is 0.468 e. The number of likely N-dealkylation sites (tertiary alicyclic amines) is 1. The van der Waals surface area contributed by atoms with Crippen molar-refractivity contribution in [3.63, 3.8) is 0 Å². The normalized spacial score (nSPS) is 20.2. The van der Waals surface area contributed by atoms with Crippen molar-refractivity contribution < 1.29 is 9.21 Å². The fraction of sp³-hybridized carbons (Fsp3) is 0.688. The minimum atomic E-state index is 0.121. The lowest BCUT2D eigenvalue weighted by atomic mass is 10.1. The molecule has 5 heteroatoms. The maximum Gasteiger partial charge on any atom is 0.224 e. The fourth-order valence-corrected chi connectivity index (χ4v) is 3.18. The average Bonchev–Trinajstić information content (AvgIpc) is 2.98. The second-order valence-corrected chi connectivity index (χ2v) is 6.16. The highest BCUT2D eigenvalue weighted by Gasteiger charge is 2.35. The van der Waals surface area contributed by atoms with Crippen molar-refractivity contribution >= 4 is 5.91 Å². The molecule has 1 aliphatic carbocycles. The van der Waals surface area contributed by atoms with Crippen LogP contribution in [0.2, 0.25) is 0 Å². The van der Waals surface area contributed by atoms with E-state index in [1.54, 1.807) is 6.26 Å². The molecule has 1 atom stereocenters. The molecular weight excluding hydrogens is 266 g/mol. The maximum absolute atomic E-state index is 12.4. The number of carbonyl (C=O) groups excluding carboxylic acids is 1. The van der Waals surface area contributed by atoms with Gasteiger partial charge in [-0.05, 0) is 37.8 Å². The lowest BCUT2D eigenvalue weighted by molar-refractivity contribution is -0.131. The first kappa shape index (κ1) is 14.6. The molecule has 1 saturated carbocycles. The number of hydrogen-bond donors (Lipinski definition) is 1. The van der Waals surface area contributed by atoms with E-state index in [1.807, 2.05) is 17.0 Å². The van der Waals surface area contributed by atoms with Gasteiger partial charge in [0.1, 0.15) is 5.76 Å². The molecule has 116 valence electrons. The Morgan fingerprint density at radius 1 is 1.43 bits per heavy atom. The van der Waals surface area contributed by atoms with E-state index in [9.17, 15) is 4.79 Å². The van der Waals surface area contributed by atoms with Gasteiger partial charge in [0.2, 0.25) is 5.91 Å². The van der Waals surface area contributed by atoms with Crippen LogP contribution in [0, 0.1) is 0 Å². The van der Waals surface area contributed by atoms with Gasteiger partial charge in [-0.25, -0.2) is 0 Å².